The van der Waals surface area contributed by atoms with E-state index in [-0.39, 0.29) is 11.8 Å². The van der Waals surface area contributed by atoms with Gasteiger partial charge in [0.2, 0.25) is 0 Å². The lowest BCUT2D eigenvalue weighted by Gasteiger charge is -2.09. The molecule has 94 valence electrons. The van der Waals surface area contributed by atoms with Crippen molar-refractivity contribution in [2.45, 2.75) is 25.4 Å². The molecule has 1 fully saturated rings. The van der Waals surface area contributed by atoms with Crippen LogP contribution in [-0.4, -0.2) is 30.3 Å². The van der Waals surface area contributed by atoms with E-state index in [1.54, 1.807) is 6.07 Å². The van der Waals surface area contributed by atoms with Gasteiger partial charge >= 0.3 is 5.97 Å². The van der Waals surface area contributed by atoms with Crippen LogP contribution in [-0.2, 0) is 9.47 Å². The van der Waals surface area contributed by atoms with Crippen molar-refractivity contribution in [1.82, 2.24) is 4.98 Å². The van der Waals surface area contributed by atoms with Gasteiger partial charge in [-0.05, 0) is 25.0 Å². The predicted molar refractivity (Wildman–Crippen MR) is 62.8 cm³/mol. The molecule has 0 saturated carbocycles. The van der Waals surface area contributed by atoms with Gasteiger partial charge in [-0.2, -0.15) is 5.26 Å². The zero-order valence-corrected chi connectivity index (χ0v) is 9.96. The van der Waals surface area contributed by atoms with E-state index in [9.17, 15) is 4.79 Å². The normalized spacial score (nSPS) is 18.3. The summed E-state index contributed by atoms with van der Waals surface area (Å²) in [5.41, 5.74) is 0.646. The van der Waals surface area contributed by atoms with E-state index < -0.39 is 5.97 Å². The van der Waals surface area contributed by atoms with Gasteiger partial charge in [0.15, 0.2) is 0 Å². The van der Waals surface area contributed by atoms with E-state index in [4.69, 9.17) is 14.7 Å². The molecule has 1 aliphatic heterocycles. The minimum absolute atomic E-state index is 0.215. The van der Waals surface area contributed by atoms with Crippen LogP contribution in [0.25, 0.3) is 0 Å². The molecule has 0 bridgehead atoms. The Morgan fingerprint density at radius 3 is 3.11 bits per heavy atom. The summed E-state index contributed by atoms with van der Waals surface area (Å²) in [5, 5.41) is 8.61. The molecule has 0 radical (unpaired) electrons. The molecule has 0 aliphatic carbocycles. The fraction of sp³-hybridized carbons (Fsp3) is 0.462. The number of pyridine rings is 1. The Bertz CT molecular complexity index is 444. The molecule has 0 aromatic carbocycles. The minimum Gasteiger partial charge on any atom is -0.461 e. The lowest BCUT2D eigenvalue weighted by molar-refractivity contribution is 0.0380. The quantitative estimate of drug-likeness (QED) is 0.756. The highest BCUT2D eigenvalue weighted by Crippen LogP contribution is 2.15. The van der Waals surface area contributed by atoms with E-state index in [0.29, 0.717) is 12.2 Å². The van der Waals surface area contributed by atoms with E-state index in [1.807, 2.05) is 6.07 Å². The first-order valence-electron chi connectivity index (χ1n) is 5.94. The monoisotopic (exact) mass is 246 g/mol. The van der Waals surface area contributed by atoms with Crippen molar-refractivity contribution in [2.75, 3.05) is 13.2 Å². The van der Waals surface area contributed by atoms with Gasteiger partial charge in [0, 0.05) is 19.2 Å². The lowest BCUT2D eigenvalue weighted by Crippen LogP contribution is -2.13. The van der Waals surface area contributed by atoms with E-state index in [1.165, 1.54) is 12.3 Å². The van der Waals surface area contributed by atoms with Crippen LogP contribution in [0.15, 0.2) is 18.3 Å². The van der Waals surface area contributed by atoms with Gasteiger partial charge in [-0.3, -0.25) is 0 Å². The number of nitrogens with zero attached hydrogens (tertiary/aromatic N) is 2. The molecule has 1 atom stereocenters. The third-order valence-electron chi connectivity index (χ3n) is 2.80. The summed E-state index contributed by atoms with van der Waals surface area (Å²) >= 11 is 0. The van der Waals surface area contributed by atoms with E-state index in [2.05, 4.69) is 4.98 Å². The lowest BCUT2D eigenvalue weighted by atomic mass is 10.2. The maximum Gasteiger partial charge on any atom is 0.356 e. The van der Waals surface area contributed by atoms with Gasteiger partial charge in [-0.1, -0.05) is 0 Å². The molecule has 5 nitrogen and oxygen atoms in total. The van der Waals surface area contributed by atoms with Crippen LogP contribution in [0, 0.1) is 11.3 Å². The summed E-state index contributed by atoms with van der Waals surface area (Å²) in [7, 11) is 0. The summed E-state index contributed by atoms with van der Waals surface area (Å²) < 4.78 is 10.5. The van der Waals surface area contributed by atoms with Crippen molar-refractivity contribution in [3.05, 3.63) is 29.6 Å². The second-order valence-electron chi connectivity index (χ2n) is 4.10. The standard InChI is InChI=1S/C13H14N2O3/c14-8-10-3-4-12(15-9-10)13(16)18-7-5-11-2-1-6-17-11/h3-4,9,11H,1-2,5-7H2/t11-/m0/s1. The number of rotatable bonds is 4. The Hall–Kier alpha value is -1.93. The molecular weight excluding hydrogens is 232 g/mol. The first-order valence-corrected chi connectivity index (χ1v) is 5.94. The molecule has 0 spiro atoms. The Morgan fingerprint density at radius 1 is 1.61 bits per heavy atom. The largest absolute Gasteiger partial charge is 0.461 e. The van der Waals surface area contributed by atoms with Crippen LogP contribution >= 0.6 is 0 Å². The highest BCUT2D eigenvalue weighted by atomic mass is 16.5. The van der Waals surface area contributed by atoms with Gasteiger partial charge in [0.05, 0.1) is 18.3 Å². The molecule has 18 heavy (non-hydrogen) atoms. The van der Waals surface area contributed by atoms with E-state index >= 15 is 0 Å². The molecular formula is C13H14N2O3. The SMILES string of the molecule is N#Cc1ccc(C(=O)OCC[C@@H]2CCCO2)nc1. The van der Waals surface area contributed by atoms with Gasteiger partial charge in [0.1, 0.15) is 11.8 Å². The second-order valence-corrected chi connectivity index (χ2v) is 4.10. The maximum atomic E-state index is 11.6. The van der Waals surface area contributed by atoms with Crippen LogP contribution in [0.3, 0.4) is 0 Å². The minimum atomic E-state index is -0.461. The van der Waals surface area contributed by atoms with Crippen molar-refractivity contribution < 1.29 is 14.3 Å². The number of esters is 1. The van der Waals surface area contributed by atoms with Crippen LogP contribution in [0.4, 0.5) is 0 Å². The Kier molecular flexibility index (Phi) is 4.26. The highest BCUT2D eigenvalue weighted by molar-refractivity contribution is 5.87. The summed E-state index contributed by atoms with van der Waals surface area (Å²) in [6.07, 6.45) is 4.41. The number of carbonyl (C=O) groups excluding carboxylic acids is 1. The van der Waals surface area contributed by atoms with Gasteiger partial charge in [0.25, 0.3) is 0 Å². The maximum absolute atomic E-state index is 11.6. The molecule has 0 N–H and O–H groups in total. The van der Waals surface area contributed by atoms with Crippen molar-refractivity contribution in [1.29, 1.82) is 5.26 Å². The molecule has 2 heterocycles. The van der Waals surface area contributed by atoms with Crippen molar-refractivity contribution in [2.24, 2.45) is 0 Å². The van der Waals surface area contributed by atoms with Crippen molar-refractivity contribution >= 4 is 5.97 Å². The summed E-state index contributed by atoms with van der Waals surface area (Å²) in [5.74, 6) is -0.461. The van der Waals surface area contributed by atoms with Gasteiger partial charge < -0.3 is 9.47 Å². The Balaban J connectivity index is 1.78. The number of nitriles is 1. The first kappa shape index (κ1) is 12.5. The van der Waals surface area contributed by atoms with Crippen LogP contribution in [0.5, 0.6) is 0 Å². The summed E-state index contributed by atoms with van der Waals surface area (Å²) in [6.45, 7) is 1.14. The third kappa shape index (κ3) is 3.28. The highest BCUT2D eigenvalue weighted by Gasteiger charge is 2.16. The zero-order chi connectivity index (χ0) is 12.8. The topological polar surface area (TPSA) is 72.2 Å². The van der Waals surface area contributed by atoms with Crippen LogP contribution in [0.1, 0.15) is 35.3 Å². The molecule has 0 unspecified atom stereocenters. The number of carbonyl (C=O) groups is 1. The number of hydrogen-bond acceptors (Lipinski definition) is 5. The van der Waals surface area contributed by atoms with Crippen molar-refractivity contribution in [3.8, 4) is 6.07 Å². The smallest absolute Gasteiger partial charge is 0.356 e. The van der Waals surface area contributed by atoms with Gasteiger partial charge in [-0.15, -0.1) is 0 Å². The van der Waals surface area contributed by atoms with Gasteiger partial charge in [-0.25, -0.2) is 9.78 Å². The first-order chi connectivity index (χ1) is 8.79. The van der Waals surface area contributed by atoms with Crippen LogP contribution < -0.4 is 0 Å². The summed E-state index contributed by atoms with van der Waals surface area (Å²) in [4.78, 5) is 15.5. The number of aromatic nitrogens is 1. The Morgan fingerprint density at radius 2 is 2.50 bits per heavy atom. The summed E-state index contributed by atoms with van der Waals surface area (Å²) in [6, 6.07) is 4.98. The second kappa shape index (κ2) is 6.12. The molecule has 2 rings (SSSR count). The molecule has 1 aromatic heterocycles. The molecule has 1 saturated heterocycles. The number of hydrogen-bond donors (Lipinski definition) is 0. The number of ether oxygens (including phenoxy) is 2. The Labute approximate surface area is 105 Å². The molecule has 1 aromatic rings. The predicted octanol–water partition coefficient (Wildman–Crippen LogP) is 1.68. The molecule has 0 amide bonds. The van der Waals surface area contributed by atoms with E-state index in [0.717, 1.165) is 25.9 Å². The average molecular weight is 246 g/mol. The molecule has 5 heteroatoms. The van der Waals surface area contributed by atoms with Crippen molar-refractivity contribution in [3.63, 3.8) is 0 Å². The fourth-order valence-corrected chi connectivity index (χ4v) is 1.81. The zero-order valence-electron chi connectivity index (χ0n) is 9.96. The molecule has 1 aliphatic rings. The third-order valence-corrected chi connectivity index (χ3v) is 2.80. The van der Waals surface area contributed by atoms with Crippen LogP contribution in [0.2, 0.25) is 0 Å². The average Bonchev–Trinajstić information content (AvgIpc) is 2.92. The fourth-order valence-electron chi connectivity index (χ4n) is 1.81.